The van der Waals surface area contributed by atoms with Gasteiger partial charge < -0.3 is 10.1 Å². The van der Waals surface area contributed by atoms with Crippen molar-refractivity contribution in [2.75, 3.05) is 0 Å². The lowest BCUT2D eigenvalue weighted by Gasteiger charge is -2.23. The van der Waals surface area contributed by atoms with E-state index in [1.54, 1.807) is 12.1 Å². The van der Waals surface area contributed by atoms with Crippen molar-refractivity contribution >= 4 is 17.9 Å². The summed E-state index contributed by atoms with van der Waals surface area (Å²) < 4.78 is 5.17. The lowest BCUT2D eigenvalue weighted by atomic mass is 9.96. The molecule has 1 aliphatic rings. The molecule has 0 aromatic heterocycles. The second-order valence-corrected chi connectivity index (χ2v) is 6.72. The van der Waals surface area contributed by atoms with Gasteiger partial charge in [0, 0.05) is 6.04 Å². The van der Waals surface area contributed by atoms with E-state index in [9.17, 15) is 14.4 Å². The third-order valence-corrected chi connectivity index (χ3v) is 4.29. The fourth-order valence-electron chi connectivity index (χ4n) is 3.06. The van der Waals surface area contributed by atoms with Gasteiger partial charge in [0.05, 0.1) is 5.56 Å². The van der Waals surface area contributed by atoms with Gasteiger partial charge in [-0.1, -0.05) is 36.5 Å². The second-order valence-electron chi connectivity index (χ2n) is 6.72. The predicted molar refractivity (Wildman–Crippen MR) is 94.3 cm³/mol. The molecule has 6 heteroatoms. The van der Waals surface area contributed by atoms with Gasteiger partial charge in [-0.15, -0.1) is 0 Å². The van der Waals surface area contributed by atoms with Crippen LogP contribution in [0.4, 0.5) is 4.79 Å². The van der Waals surface area contributed by atoms with Gasteiger partial charge in [0.15, 0.2) is 6.10 Å². The smallest absolute Gasteiger partial charge is 0.338 e. The van der Waals surface area contributed by atoms with Crippen molar-refractivity contribution in [3.63, 3.8) is 0 Å². The van der Waals surface area contributed by atoms with Gasteiger partial charge >= 0.3 is 12.0 Å². The zero-order chi connectivity index (χ0) is 18.4. The van der Waals surface area contributed by atoms with Gasteiger partial charge in [-0.3, -0.25) is 10.1 Å². The van der Waals surface area contributed by atoms with Crippen LogP contribution in [0.3, 0.4) is 0 Å². The Balaban J connectivity index is 1.84. The first-order chi connectivity index (χ1) is 11.8. The van der Waals surface area contributed by atoms with Crippen molar-refractivity contribution in [3.05, 3.63) is 34.9 Å². The number of ether oxygens (including phenoxy) is 1. The molecular weight excluding hydrogens is 320 g/mol. The Morgan fingerprint density at radius 1 is 1.04 bits per heavy atom. The maximum Gasteiger partial charge on any atom is 0.338 e. The summed E-state index contributed by atoms with van der Waals surface area (Å²) >= 11 is 0. The minimum absolute atomic E-state index is 0.106. The first kappa shape index (κ1) is 19.0. The largest absolute Gasteiger partial charge is 0.449 e. The van der Waals surface area contributed by atoms with Gasteiger partial charge in [0.2, 0.25) is 0 Å². The van der Waals surface area contributed by atoms with Crippen LogP contribution in [-0.2, 0) is 9.53 Å². The van der Waals surface area contributed by atoms with Gasteiger partial charge in [-0.2, -0.15) is 0 Å². The lowest BCUT2D eigenvalue weighted by Crippen LogP contribution is -2.48. The molecule has 136 valence electrons. The quantitative estimate of drug-likeness (QED) is 0.821. The molecule has 0 heterocycles. The van der Waals surface area contributed by atoms with E-state index in [-0.39, 0.29) is 6.04 Å². The molecule has 1 aromatic carbocycles. The van der Waals surface area contributed by atoms with Crippen LogP contribution < -0.4 is 10.6 Å². The Morgan fingerprint density at radius 2 is 1.64 bits per heavy atom. The summed E-state index contributed by atoms with van der Waals surface area (Å²) in [4.78, 5) is 36.1. The van der Waals surface area contributed by atoms with Gasteiger partial charge in [-0.05, 0) is 45.7 Å². The van der Waals surface area contributed by atoms with E-state index in [1.165, 1.54) is 13.3 Å². The Kier molecular flexibility index (Phi) is 6.56. The number of imide groups is 1. The summed E-state index contributed by atoms with van der Waals surface area (Å²) in [6.45, 7) is 5.22. The van der Waals surface area contributed by atoms with Crippen molar-refractivity contribution in [3.8, 4) is 0 Å². The molecule has 1 saturated carbocycles. The summed E-state index contributed by atoms with van der Waals surface area (Å²) in [5, 5.41) is 5.03. The van der Waals surface area contributed by atoms with E-state index in [0.29, 0.717) is 5.56 Å². The van der Waals surface area contributed by atoms with Crippen molar-refractivity contribution in [2.45, 2.75) is 65.0 Å². The van der Waals surface area contributed by atoms with Crippen LogP contribution in [0.25, 0.3) is 0 Å². The highest BCUT2D eigenvalue weighted by Crippen LogP contribution is 2.17. The fraction of sp³-hybridized carbons (Fsp3) is 0.526. The van der Waals surface area contributed by atoms with E-state index in [0.717, 1.165) is 36.8 Å². The van der Waals surface area contributed by atoms with E-state index in [2.05, 4.69) is 10.6 Å². The van der Waals surface area contributed by atoms with Crippen molar-refractivity contribution in [2.24, 2.45) is 0 Å². The molecule has 0 radical (unpaired) electrons. The molecule has 3 amide bonds. The van der Waals surface area contributed by atoms with Crippen molar-refractivity contribution < 1.29 is 19.1 Å². The number of nitrogens with one attached hydrogen (secondary N) is 2. The Hall–Kier alpha value is -2.37. The first-order valence-electron chi connectivity index (χ1n) is 8.76. The zero-order valence-electron chi connectivity index (χ0n) is 15.1. The topological polar surface area (TPSA) is 84.5 Å². The van der Waals surface area contributed by atoms with Crippen LogP contribution in [0, 0.1) is 13.8 Å². The monoisotopic (exact) mass is 346 g/mol. The highest BCUT2D eigenvalue weighted by atomic mass is 16.5. The molecule has 1 aliphatic carbocycles. The molecule has 2 N–H and O–H groups in total. The number of rotatable bonds is 4. The highest BCUT2D eigenvalue weighted by molar-refractivity contribution is 5.98. The molecule has 0 spiro atoms. The van der Waals surface area contributed by atoms with Crippen LogP contribution in [0.5, 0.6) is 0 Å². The molecule has 0 saturated heterocycles. The number of benzene rings is 1. The molecule has 0 aliphatic heterocycles. The molecular formula is C19H26N2O4. The Labute approximate surface area is 148 Å². The van der Waals surface area contributed by atoms with Crippen LogP contribution in [-0.4, -0.2) is 30.1 Å². The standard InChI is InChI=1S/C19H26N2O4/c1-12-9-13(2)11-15(10-12)18(23)25-14(3)17(22)21-19(24)20-16-7-5-4-6-8-16/h9-11,14,16H,4-8H2,1-3H3,(H2,20,21,22,24)/t14-/m0/s1. The molecule has 1 fully saturated rings. The summed E-state index contributed by atoms with van der Waals surface area (Å²) in [6.07, 6.45) is 4.17. The normalized spacial score (nSPS) is 16.0. The second kappa shape index (κ2) is 8.65. The van der Waals surface area contributed by atoms with E-state index in [1.807, 2.05) is 19.9 Å². The number of urea groups is 1. The predicted octanol–water partition coefficient (Wildman–Crippen LogP) is 3.01. The number of carbonyl (C=O) groups excluding carboxylic acids is 3. The number of carbonyl (C=O) groups is 3. The van der Waals surface area contributed by atoms with Gasteiger partial charge in [0.25, 0.3) is 5.91 Å². The third-order valence-electron chi connectivity index (χ3n) is 4.29. The Morgan fingerprint density at radius 3 is 2.24 bits per heavy atom. The number of hydrogen-bond acceptors (Lipinski definition) is 4. The summed E-state index contributed by atoms with van der Waals surface area (Å²) in [7, 11) is 0. The molecule has 0 unspecified atom stereocenters. The van der Waals surface area contributed by atoms with Crippen LogP contribution in [0.15, 0.2) is 18.2 Å². The molecule has 1 aromatic rings. The number of esters is 1. The van der Waals surface area contributed by atoms with Crippen LogP contribution in [0.2, 0.25) is 0 Å². The lowest BCUT2D eigenvalue weighted by molar-refractivity contribution is -0.127. The highest BCUT2D eigenvalue weighted by Gasteiger charge is 2.22. The number of amides is 3. The first-order valence-corrected chi connectivity index (χ1v) is 8.76. The third kappa shape index (κ3) is 5.89. The minimum atomic E-state index is -1.05. The summed E-state index contributed by atoms with van der Waals surface area (Å²) in [6, 6.07) is 4.93. The number of hydrogen-bond donors (Lipinski definition) is 2. The molecule has 2 rings (SSSR count). The summed E-state index contributed by atoms with van der Waals surface area (Å²) in [5.74, 6) is -1.21. The maximum absolute atomic E-state index is 12.2. The average Bonchev–Trinajstić information content (AvgIpc) is 2.54. The zero-order valence-corrected chi connectivity index (χ0v) is 15.1. The molecule has 6 nitrogen and oxygen atoms in total. The average molecular weight is 346 g/mol. The van der Waals surface area contributed by atoms with Gasteiger partial charge in [0.1, 0.15) is 0 Å². The SMILES string of the molecule is Cc1cc(C)cc(C(=O)O[C@@H](C)C(=O)NC(=O)NC2CCCCC2)c1. The van der Waals surface area contributed by atoms with Crippen molar-refractivity contribution in [1.29, 1.82) is 0 Å². The van der Waals surface area contributed by atoms with E-state index in [4.69, 9.17) is 4.74 Å². The fourth-order valence-corrected chi connectivity index (χ4v) is 3.06. The maximum atomic E-state index is 12.2. The minimum Gasteiger partial charge on any atom is -0.449 e. The van der Waals surface area contributed by atoms with Crippen LogP contribution >= 0.6 is 0 Å². The number of aryl methyl sites for hydroxylation is 2. The summed E-state index contributed by atoms with van der Waals surface area (Å²) in [5.41, 5.74) is 2.27. The molecule has 25 heavy (non-hydrogen) atoms. The van der Waals surface area contributed by atoms with Crippen LogP contribution in [0.1, 0.15) is 60.5 Å². The Bertz CT molecular complexity index is 631. The van der Waals surface area contributed by atoms with Gasteiger partial charge in [-0.25, -0.2) is 9.59 Å². The van der Waals surface area contributed by atoms with E-state index >= 15 is 0 Å². The van der Waals surface area contributed by atoms with E-state index < -0.39 is 24.0 Å². The molecule has 0 bridgehead atoms. The van der Waals surface area contributed by atoms with Crippen molar-refractivity contribution in [1.82, 2.24) is 10.6 Å². The molecule has 1 atom stereocenters.